The van der Waals surface area contributed by atoms with E-state index in [4.69, 9.17) is 5.26 Å². The van der Waals surface area contributed by atoms with Crippen LogP contribution in [0.5, 0.6) is 0 Å². The zero-order valence-electron chi connectivity index (χ0n) is 20.7. The molecule has 39 heavy (non-hydrogen) atoms. The summed E-state index contributed by atoms with van der Waals surface area (Å²) >= 11 is 0.793. The number of nitriles is 1. The molecule has 2 heterocycles. The third-order valence-electron chi connectivity index (χ3n) is 6.40. The van der Waals surface area contributed by atoms with Gasteiger partial charge < -0.3 is 19.4 Å². The molecule has 0 saturated carbocycles. The van der Waals surface area contributed by atoms with Crippen molar-refractivity contribution in [2.45, 2.75) is 61.9 Å². The zero-order valence-corrected chi connectivity index (χ0v) is 21.5. The van der Waals surface area contributed by atoms with Crippen LogP contribution < -0.4 is 0 Å². The molecule has 1 aromatic carbocycles. The molecule has 2 aliphatic rings. The first kappa shape index (κ1) is 31.0. The third-order valence-corrected chi connectivity index (χ3v) is 7.63. The Morgan fingerprint density at radius 2 is 1.67 bits per heavy atom. The lowest BCUT2D eigenvalue weighted by atomic mass is 9.88. The van der Waals surface area contributed by atoms with Gasteiger partial charge in [0, 0.05) is 36.3 Å². The van der Waals surface area contributed by atoms with E-state index in [1.165, 1.54) is 29.3 Å². The predicted molar refractivity (Wildman–Crippen MR) is 124 cm³/mol. The predicted octanol–water partition coefficient (Wildman–Crippen LogP) is 5.36. The third kappa shape index (κ3) is 6.28. The summed E-state index contributed by atoms with van der Waals surface area (Å²) in [4.78, 5) is 14.8. The maximum Gasteiger partial charge on any atom is 0.430 e. The van der Waals surface area contributed by atoms with E-state index in [0.717, 1.165) is 11.9 Å². The van der Waals surface area contributed by atoms with Crippen LogP contribution in [0.15, 0.2) is 30.0 Å². The van der Waals surface area contributed by atoms with E-state index in [1.54, 1.807) is 0 Å². The summed E-state index contributed by atoms with van der Waals surface area (Å²) in [6, 6.07) is 2.95. The maximum absolute atomic E-state index is 14.1. The Bertz CT molecular complexity index is 1140. The van der Waals surface area contributed by atoms with Gasteiger partial charge in [-0.25, -0.2) is 8.78 Å². The highest BCUT2D eigenvalue weighted by Crippen LogP contribution is 2.53. The van der Waals surface area contributed by atoms with Gasteiger partial charge in [-0.1, -0.05) is 12.1 Å². The molecule has 1 amide bonds. The molecule has 2 N–H and O–H groups in total. The number of aliphatic hydroxyl groups is 2. The molecule has 1 saturated heterocycles. The van der Waals surface area contributed by atoms with Gasteiger partial charge in [0.1, 0.15) is 0 Å². The minimum atomic E-state index is -6.27. The van der Waals surface area contributed by atoms with Crippen LogP contribution >= 0.6 is 11.9 Å². The van der Waals surface area contributed by atoms with E-state index in [-0.39, 0.29) is 43.3 Å². The van der Waals surface area contributed by atoms with Crippen LogP contribution in [0.3, 0.4) is 0 Å². The van der Waals surface area contributed by atoms with Crippen LogP contribution in [0.25, 0.3) is 0 Å². The molecule has 2 aliphatic heterocycles. The van der Waals surface area contributed by atoms with Crippen LogP contribution in [-0.2, 0) is 10.4 Å². The van der Waals surface area contributed by atoms with Gasteiger partial charge in [0.25, 0.3) is 17.9 Å². The number of likely N-dealkylation sites (tertiary alicyclic amines) is 1. The quantitative estimate of drug-likeness (QED) is 0.345. The van der Waals surface area contributed by atoms with Gasteiger partial charge in [-0.15, -0.1) is 0 Å². The number of piperidine rings is 1. The first-order chi connectivity index (χ1) is 17.8. The van der Waals surface area contributed by atoms with Crippen molar-refractivity contribution in [1.29, 1.82) is 5.26 Å². The molecule has 15 heteroatoms. The molecule has 1 atom stereocenters. The van der Waals surface area contributed by atoms with Gasteiger partial charge >= 0.3 is 12.4 Å². The number of benzene rings is 1. The number of hydrogen-bond donors (Lipinski definition) is 2. The second kappa shape index (κ2) is 10.8. The first-order valence-corrected chi connectivity index (χ1v) is 12.5. The van der Waals surface area contributed by atoms with Crippen molar-refractivity contribution in [3.8, 4) is 6.07 Å². The molecule has 0 aliphatic carbocycles. The number of hydrogen-bond acceptors (Lipinski definition) is 6. The number of β-amino-alcohol motifs (C(OH)–C–C–N with tert-alkyl or cyclic N) is 1. The van der Waals surface area contributed by atoms with Crippen molar-refractivity contribution in [1.82, 2.24) is 9.21 Å². The molecule has 1 aromatic rings. The number of halogens is 8. The van der Waals surface area contributed by atoms with Crippen LogP contribution in [-0.4, -0.2) is 62.9 Å². The molecule has 3 rings (SSSR count). The SMILES string of the molecule is CC(C)(O)CN1C=C(C(=O)N2CCC(C#N)CC2)C(c2ccc(C(O)(C(F)(F)F)C(F)(F)F)cc2C(F)F)S1. The van der Waals surface area contributed by atoms with E-state index in [0.29, 0.717) is 18.9 Å². The smallest absolute Gasteiger partial charge is 0.389 e. The monoisotopic (exact) mass is 587 g/mol. The van der Waals surface area contributed by atoms with Crippen molar-refractivity contribution in [2.24, 2.45) is 5.92 Å². The Kier molecular flexibility index (Phi) is 8.56. The van der Waals surface area contributed by atoms with Gasteiger partial charge in [0.2, 0.25) is 0 Å². The molecule has 216 valence electrons. The molecule has 6 nitrogen and oxygen atoms in total. The molecule has 1 unspecified atom stereocenters. The molecule has 0 radical (unpaired) electrons. The maximum atomic E-state index is 14.1. The summed E-state index contributed by atoms with van der Waals surface area (Å²) in [6.45, 7) is 3.16. The van der Waals surface area contributed by atoms with Crippen molar-refractivity contribution in [3.05, 3.63) is 46.7 Å². The van der Waals surface area contributed by atoms with Crippen LogP contribution in [0.1, 0.15) is 55.1 Å². The highest BCUT2D eigenvalue weighted by Gasteiger charge is 2.71. The minimum Gasteiger partial charge on any atom is -0.389 e. The summed E-state index contributed by atoms with van der Waals surface area (Å²) in [5.74, 6) is -0.879. The molecule has 0 bridgehead atoms. The molecule has 1 fully saturated rings. The van der Waals surface area contributed by atoms with Gasteiger partial charge in [0.15, 0.2) is 0 Å². The Labute approximate surface area is 223 Å². The second-order valence-corrected chi connectivity index (χ2v) is 11.2. The van der Waals surface area contributed by atoms with Crippen molar-refractivity contribution < 1.29 is 50.1 Å². The fourth-order valence-corrected chi connectivity index (χ4v) is 5.85. The molecule has 0 aromatic heterocycles. The molecule has 0 spiro atoms. The summed E-state index contributed by atoms with van der Waals surface area (Å²) in [5, 5.41) is 27.8. The number of nitrogens with zero attached hydrogens (tertiary/aromatic N) is 3. The number of amides is 1. The van der Waals surface area contributed by atoms with Crippen molar-refractivity contribution in [3.63, 3.8) is 0 Å². The van der Waals surface area contributed by atoms with E-state index < -0.39 is 57.8 Å². The number of rotatable bonds is 6. The lowest BCUT2D eigenvalue weighted by molar-refractivity contribution is -0.376. The average molecular weight is 588 g/mol. The fraction of sp³-hybridized carbons (Fsp3) is 0.583. The molecular weight excluding hydrogens is 562 g/mol. The summed E-state index contributed by atoms with van der Waals surface area (Å²) in [5.41, 5.74) is -10.3. The normalized spacial score (nSPS) is 19.9. The Balaban J connectivity index is 2.08. The van der Waals surface area contributed by atoms with Crippen molar-refractivity contribution in [2.75, 3.05) is 19.6 Å². The lowest BCUT2D eigenvalue weighted by Crippen LogP contribution is -2.54. The minimum absolute atomic E-state index is 0.0410. The van der Waals surface area contributed by atoms with Crippen molar-refractivity contribution >= 4 is 17.9 Å². The average Bonchev–Trinajstić information content (AvgIpc) is 3.23. The second-order valence-electron chi connectivity index (χ2n) is 10.0. The highest BCUT2D eigenvalue weighted by molar-refractivity contribution is 7.97. The number of carbonyl (C=O) groups is 1. The Morgan fingerprint density at radius 3 is 2.13 bits per heavy atom. The Morgan fingerprint density at radius 1 is 1.10 bits per heavy atom. The fourth-order valence-electron chi connectivity index (χ4n) is 4.41. The summed E-state index contributed by atoms with van der Waals surface area (Å²) in [7, 11) is 0. The summed E-state index contributed by atoms with van der Waals surface area (Å²) < 4.78 is 110. The van der Waals surface area contributed by atoms with Gasteiger partial charge in [-0.3, -0.25) is 4.79 Å². The highest BCUT2D eigenvalue weighted by atomic mass is 32.2. The number of carbonyl (C=O) groups excluding carboxylic acids is 1. The zero-order chi connectivity index (χ0) is 29.6. The van der Waals surface area contributed by atoms with Crippen LogP contribution in [0.4, 0.5) is 35.1 Å². The van der Waals surface area contributed by atoms with E-state index in [9.17, 15) is 50.1 Å². The number of alkyl halides is 8. The van der Waals surface area contributed by atoms with Gasteiger partial charge in [-0.05, 0) is 50.3 Å². The van der Waals surface area contributed by atoms with E-state index in [1.807, 2.05) is 0 Å². The first-order valence-electron chi connectivity index (χ1n) is 11.6. The Hall–Kier alpha value is -2.57. The van der Waals surface area contributed by atoms with Crippen LogP contribution in [0, 0.1) is 17.2 Å². The van der Waals surface area contributed by atoms with Crippen LogP contribution in [0.2, 0.25) is 0 Å². The van der Waals surface area contributed by atoms with Gasteiger partial charge in [-0.2, -0.15) is 31.6 Å². The topological polar surface area (TPSA) is 87.8 Å². The van der Waals surface area contributed by atoms with Gasteiger partial charge in [0.05, 0.1) is 29.0 Å². The lowest BCUT2D eigenvalue weighted by Gasteiger charge is -2.33. The van der Waals surface area contributed by atoms with E-state index in [2.05, 4.69) is 6.07 Å². The summed E-state index contributed by atoms with van der Waals surface area (Å²) in [6.07, 6.45) is -14.1. The standard InChI is InChI=1S/C24H25F8N3O3S/c1-21(2,37)12-35-11-17(20(36)34-7-5-13(10-33)6-8-34)18(39-35)15-4-3-14(9-16(15)19(25)26)22(38,23(27,28)29)24(30,31)32/h3-4,9,11,13,18-19,37-38H,5-8,12H2,1-2H3. The largest absolute Gasteiger partial charge is 0.430 e. The molecular formula is C24H25F8N3O3S. The van der Waals surface area contributed by atoms with E-state index >= 15 is 0 Å².